The highest BCUT2D eigenvalue weighted by atomic mass is 32.2. The Morgan fingerprint density at radius 2 is 1.21 bits per heavy atom. The highest BCUT2D eigenvalue weighted by Gasteiger charge is 2.56. The van der Waals surface area contributed by atoms with Gasteiger partial charge in [0, 0.05) is 29.3 Å². The molecule has 3 amide bonds. The van der Waals surface area contributed by atoms with Crippen molar-refractivity contribution in [3.05, 3.63) is 170 Å². The summed E-state index contributed by atoms with van der Waals surface area (Å²) in [5.41, 5.74) is 1.47. The third-order valence-electron chi connectivity index (χ3n) is 16.7. The van der Waals surface area contributed by atoms with Crippen molar-refractivity contribution in [1.29, 1.82) is 0 Å². The molecule has 540 valence electrons. The number of carbonyl (C=O) groups is 6. The zero-order valence-corrected chi connectivity index (χ0v) is 60.6. The lowest BCUT2D eigenvalue weighted by molar-refractivity contribution is -0.941. The Morgan fingerprint density at radius 1 is 0.676 bits per heavy atom. The number of nitrogens with one attached hydrogen (secondary N) is 2. The molecule has 10 rings (SSSR count). The molecule has 0 unspecified atom stereocenters. The highest BCUT2D eigenvalue weighted by Crippen LogP contribution is 2.43. The van der Waals surface area contributed by atoms with Gasteiger partial charge in [0.15, 0.2) is 28.0 Å². The number of nitrogens with zero attached hydrogens (tertiary/aromatic N) is 6. The van der Waals surface area contributed by atoms with E-state index in [9.17, 15) is 19.2 Å². The highest BCUT2D eigenvalue weighted by molar-refractivity contribution is 8.00. The minimum Gasteiger partial charge on any atom is -0.497 e. The first-order valence-electron chi connectivity index (χ1n) is 33.3. The standard InChI is InChI=1S/C74H84N8O18S2/c1-12-80-57-35-59(95-40-46-18-26-51(91-9)27-19-46)58(94-39-45-16-24-50(90-8)25-17-45)34-54(57)65(84)55(78-80)38-82(32-14-13-15-33-82)37-49-43-101-68-63(67(86)81(68)64(49)70(88)97-42-48-22-30-53(93-11)31-23-48)76-66(85)62(56-44-102-71(75-56)77-72(89)99-74(5,6)7)79-100-60(36-61(83)98-73(2,3)4)69(87)96-41-47-20-28-52(92-10)29-21-47/h16-31,34-35,44,60,63,68H,12-15,32-33,36-43H2,1-11H3,(H-,75,76,77,85,89)/p+1/b79-62-/t60-,63+,68+/m0/s1. The van der Waals surface area contributed by atoms with Gasteiger partial charge >= 0.3 is 24.0 Å². The molecule has 0 bridgehead atoms. The van der Waals surface area contributed by atoms with Crippen molar-refractivity contribution in [2.45, 2.75) is 142 Å². The largest absolute Gasteiger partial charge is 0.497 e. The predicted octanol–water partition coefficient (Wildman–Crippen LogP) is 10.6. The van der Waals surface area contributed by atoms with Gasteiger partial charge in [-0.2, -0.15) is 5.10 Å². The number of aryl methyl sites for hydroxylation is 1. The minimum absolute atomic E-state index is 0.00295. The number of anilines is 1. The maximum Gasteiger partial charge on any atom is 0.413 e. The number of benzene rings is 5. The topological polar surface area (TPSA) is 291 Å². The quantitative estimate of drug-likeness (QED) is 0.0110. The maximum atomic E-state index is 15.3. The van der Waals surface area contributed by atoms with Crippen LogP contribution >= 0.6 is 23.1 Å². The molecule has 3 aliphatic heterocycles. The molecule has 3 atom stereocenters. The molecular weight excluding hydrogens is 1350 g/mol. The van der Waals surface area contributed by atoms with Gasteiger partial charge in [0.1, 0.15) is 96.5 Å². The number of ether oxygens (including phenoxy) is 10. The van der Waals surface area contributed by atoms with Crippen LogP contribution in [0, 0.1) is 0 Å². The first-order chi connectivity index (χ1) is 48.8. The Labute approximate surface area is 599 Å². The lowest BCUT2D eigenvalue weighted by Gasteiger charge is -2.50. The van der Waals surface area contributed by atoms with E-state index < -0.39 is 76.7 Å². The number of hydrogen-bond acceptors (Lipinski definition) is 23. The smallest absolute Gasteiger partial charge is 0.413 e. The van der Waals surface area contributed by atoms with E-state index in [1.165, 1.54) is 29.2 Å². The number of likely N-dealkylation sites (tertiary alicyclic amines) is 1. The number of thioether (sulfide) groups is 1. The SMILES string of the molecule is CCn1nc(C[N+]2(CC3=C(C(=O)OCc4ccc(OC)cc4)N4C(=O)[C@@H](NC(=O)/C(=N\O[C@@H](CC(=O)OC(C)(C)C)C(=O)OCc5ccc(OC)cc5)c5csc(NC(=O)OC(C)(C)C)n5)[C@H]4SC3)CCCCC2)c(=O)c2cc(OCc3ccc(OC)cc3)c(OCc3ccc(OC)cc3)cc21. The minimum atomic E-state index is -1.78. The molecule has 5 heterocycles. The van der Waals surface area contributed by atoms with Gasteiger partial charge < -0.3 is 62.0 Å². The van der Waals surface area contributed by atoms with Crippen molar-refractivity contribution in [1.82, 2.24) is 25.0 Å². The summed E-state index contributed by atoms with van der Waals surface area (Å²) in [4.78, 5) is 112. The molecule has 2 saturated heterocycles. The third kappa shape index (κ3) is 19.1. The molecule has 7 aromatic rings. The number of β-lactam (4-membered cyclic amide) rings is 1. The van der Waals surface area contributed by atoms with Gasteiger partial charge in [0.05, 0.1) is 58.9 Å². The average molecular weight is 1440 g/mol. The predicted molar refractivity (Wildman–Crippen MR) is 380 cm³/mol. The Bertz CT molecular complexity index is 4290. The summed E-state index contributed by atoms with van der Waals surface area (Å²) >= 11 is 2.22. The molecule has 2 fully saturated rings. The number of piperidine rings is 1. The molecule has 0 radical (unpaired) electrons. The summed E-state index contributed by atoms with van der Waals surface area (Å²) in [7, 11) is 6.26. The number of quaternary nitrogens is 1. The monoisotopic (exact) mass is 1440 g/mol. The Balaban J connectivity index is 0.969. The van der Waals surface area contributed by atoms with Gasteiger partial charge in [0.2, 0.25) is 11.5 Å². The van der Waals surface area contributed by atoms with Crippen LogP contribution < -0.4 is 44.5 Å². The van der Waals surface area contributed by atoms with E-state index in [-0.39, 0.29) is 67.2 Å². The lowest BCUT2D eigenvalue weighted by atomic mass is 9.99. The fraction of sp³-hybridized carbons (Fsp3) is 0.405. The number of esters is 3. The molecule has 0 spiro atoms. The zero-order valence-electron chi connectivity index (χ0n) is 58.9. The van der Waals surface area contributed by atoms with Gasteiger partial charge in [-0.15, -0.1) is 23.1 Å². The third-order valence-corrected chi connectivity index (χ3v) is 18.8. The fourth-order valence-electron chi connectivity index (χ4n) is 11.7. The second-order valence-corrected chi connectivity index (χ2v) is 28.5. The average Bonchev–Trinajstić information content (AvgIpc) is 0.748. The maximum absolute atomic E-state index is 15.3. The summed E-state index contributed by atoms with van der Waals surface area (Å²) < 4.78 is 59.2. The first kappa shape index (κ1) is 74.5. The van der Waals surface area contributed by atoms with Crippen molar-refractivity contribution in [3.63, 3.8) is 0 Å². The van der Waals surface area contributed by atoms with Gasteiger partial charge in [-0.3, -0.25) is 34.1 Å². The second-order valence-electron chi connectivity index (χ2n) is 26.5. The van der Waals surface area contributed by atoms with Crippen LogP contribution in [-0.2, 0) is 87.3 Å². The first-order valence-corrected chi connectivity index (χ1v) is 35.2. The zero-order chi connectivity index (χ0) is 72.9. The summed E-state index contributed by atoms with van der Waals surface area (Å²) in [6.07, 6.45) is -0.821. The Hall–Kier alpha value is -10.2. The number of aromatic nitrogens is 3. The molecule has 102 heavy (non-hydrogen) atoms. The number of oxime groups is 1. The van der Waals surface area contributed by atoms with Crippen LogP contribution in [-0.4, -0.2) is 148 Å². The van der Waals surface area contributed by atoms with Gasteiger partial charge in [-0.1, -0.05) is 53.7 Å². The van der Waals surface area contributed by atoms with Crippen molar-refractivity contribution >= 4 is 80.7 Å². The number of rotatable bonds is 29. The van der Waals surface area contributed by atoms with Crippen LogP contribution in [0.3, 0.4) is 0 Å². The van der Waals surface area contributed by atoms with Crippen LogP contribution in [0.5, 0.6) is 34.5 Å². The number of hydrogen-bond donors (Lipinski definition) is 2. The lowest BCUT2D eigenvalue weighted by Crippen LogP contribution is -2.71. The Kier molecular flexibility index (Phi) is 24.2. The number of methoxy groups -OCH3 is 4. The van der Waals surface area contributed by atoms with E-state index in [1.54, 1.807) is 128 Å². The van der Waals surface area contributed by atoms with Crippen molar-refractivity contribution in [2.75, 3.05) is 59.1 Å². The summed E-state index contributed by atoms with van der Waals surface area (Å²) in [5.74, 6) is -0.868. The number of fused-ring (bicyclic) bond motifs is 2. The molecule has 0 aliphatic carbocycles. The molecule has 2 N–H and O–H groups in total. The molecule has 26 nitrogen and oxygen atoms in total. The van der Waals surface area contributed by atoms with E-state index in [2.05, 4.69) is 20.8 Å². The normalized spacial score (nSPS) is 16.1. The van der Waals surface area contributed by atoms with E-state index in [1.807, 2.05) is 55.5 Å². The number of carbonyl (C=O) groups excluding carboxylic acids is 6. The number of amides is 3. The summed E-state index contributed by atoms with van der Waals surface area (Å²) in [6.45, 7) is 13.8. The molecule has 28 heteroatoms. The molecular formula is C74H85N8O18S2+. The van der Waals surface area contributed by atoms with Gasteiger partial charge in [0.25, 0.3) is 11.8 Å². The van der Waals surface area contributed by atoms with Crippen LogP contribution in [0.25, 0.3) is 10.9 Å². The van der Waals surface area contributed by atoms with E-state index >= 15 is 14.4 Å². The van der Waals surface area contributed by atoms with Crippen LogP contribution in [0.2, 0.25) is 0 Å². The Morgan fingerprint density at radius 3 is 1.74 bits per heavy atom. The van der Waals surface area contributed by atoms with E-state index in [0.717, 1.165) is 41.7 Å². The molecule has 0 saturated carbocycles. The number of thiazole rings is 1. The van der Waals surface area contributed by atoms with Crippen LogP contribution in [0.15, 0.2) is 136 Å². The van der Waals surface area contributed by atoms with Crippen LogP contribution in [0.4, 0.5) is 9.93 Å². The summed E-state index contributed by atoms with van der Waals surface area (Å²) in [5, 5.41) is 15.4. The summed E-state index contributed by atoms with van der Waals surface area (Å²) in [6, 6.07) is 30.9. The van der Waals surface area contributed by atoms with Crippen molar-refractivity contribution in [2.24, 2.45) is 5.16 Å². The van der Waals surface area contributed by atoms with E-state index in [0.29, 0.717) is 91.9 Å². The molecule has 2 aromatic heterocycles. The van der Waals surface area contributed by atoms with E-state index in [4.69, 9.17) is 57.3 Å². The molecule has 3 aliphatic rings. The van der Waals surface area contributed by atoms with Crippen molar-refractivity contribution in [3.8, 4) is 34.5 Å². The van der Waals surface area contributed by atoms with Crippen molar-refractivity contribution < 1.29 is 85.5 Å². The van der Waals surface area contributed by atoms with Gasteiger partial charge in [-0.25, -0.2) is 19.4 Å². The molecule has 5 aromatic carbocycles. The van der Waals surface area contributed by atoms with Crippen LogP contribution in [0.1, 0.15) is 108 Å². The fourth-order valence-corrected chi connectivity index (χ4v) is 13.7. The second kappa shape index (κ2) is 33.1. The van der Waals surface area contributed by atoms with Gasteiger partial charge in [-0.05, 0) is 145 Å².